The molecule has 3 rings (SSSR count). The van der Waals surface area contributed by atoms with Crippen molar-refractivity contribution in [1.82, 2.24) is 0 Å². The third-order valence-corrected chi connectivity index (χ3v) is 7.13. The van der Waals surface area contributed by atoms with Gasteiger partial charge in [0, 0.05) is 0 Å². The van der Waals surface area contributed by atoms with E-state index in [1.807, 2.05) is 6.92 Å². The van der Waals surface area contributed by atoms with Crippen molar-refractivity contribution < 1.29 is 9.90 Å². The first-order chi connectivity index (χ1) is 10.3. The second-order valence-electron chi connectivity index (χ2n) is 8.51. The van der Waals surface area contributed by atoms with E-state index in [-0.39, 0.29) is 5.41 Å². The van der Waals surface area contributed by atoms with Gasteiger partial charge in [0.25, 0.3) is 0 Å². The summed E-state index contributed by atoms with van der Waals surface area (Å²) in [7, 11) is 0. The quantitative estimate of drug-likeness (QED) is 0.709. The lowest BCUT2D eigenvalue weighted by atomic mass is 9.46. The summed E-state index contributed by atoms with van der Waals surface area (Å²) in [5.74, 6) is 0.367. The van der Waals surface area contributed by atoms with Gasteiger partial charge in [-0.2, -0.15) is 0 Å². The van der Waals surface area contributed by atoms with Gasteiger partial charge in [-0.15, -0.1) is 0 Å². The summed E-state index contributed by atoms with van der Waals surface area (Å²) in [6.45, 7) is 8.82. The summed E-state index contributed by atoms with van der Waals surface area (Å²) in [6, 6.07) is 0. The maximum atomic E-state index is 12.0. The lowest BCUT2D eigenvalue weighted by Gasteiger charge is -2.58. The van der Waals surface area contributed by atoms with E-state index in [0.29, 0.717) is 11.8 Å². The Morgan fingerprint density at radius 2 is 1.91 bits per heavy atom. The Morgan fingerprint density at radius 3 is 2.55 bits per heavy atom. The Hall–Kier alpha value is -1.05. The molecule has 0 aromatic rings. The van der Waals surface area contributed by atoms with Crippen molar-refractivity contribution in [3.05, 3.63) is 22.8 Å². The van der Waals surface area contributed by atoms with Crippen LogP contribution in [-0.2, 0) is 4.79 Å². The Labute approximate surface area is 134 Å². The van der Waals surface area contributed by atoms with Gasteiger partial charge in [0.15, 0.2) is 0 Å². The highest BCUT2D eigenvalue weighted by Gasteiger charge is 2.57. The molecule has 2 heteroatoms. The Morgan fingerprint density at radius 1 is 1.18 bits per heavy atom. The highest BCUT2D eigenvalue weighted by atomic mass is 16.4. The fourth-order valence-electron chi connectivity index (χ4n) is 5.82. The number of carboxylic acids is 1. The van der Waals surface area contributed by atoms with Gasteiger partial charge in [-0.05, 0) is 82.1 Å². The first-order valence-corrected chi connectivity index (χ1v) is 8.89. The van der Waals surface area contributed by atoms with Gasteiger partial charge in [-0.3, -0.25) is 4.79 Å². The molecule has 3 aliphatic rings. The van der Waals surface area contributed by atoms with Gasteiger partial charge in [0.05, 0.1) is 5.41 Å². The molecule has 2 saturated carbocycles. The van der Waals surface area contributed by atoms with Crippen molar-refractivity contribution in [2.75, 3.05) is 0 Å². The van der Waals surface area contributed by atoms with Crippen molar-refractivity contribution in [2.24, 2.45) is 22.7 Å². The molecule has 0 saturated heterocycles. The second-order valence-corrected chi connectivity index (χ2v) is 8.51. The molecule has 2 fully saturated rings. The van der Waals surface area contributed by atoms with E-state index in [1.54, 1.807) is 5.57 Å². The van der Waals surface area contributed by atoms with Crippen molar-refractivity contribution in [2.45, 2.75) is 72.6 Å². The van der Waals surface area contributed by atoms with Crippen LogP contribution in [0.1, 0.15) is 72.6 Å². The normalized spacial score (nSPS) is 41.3. The third kappa shape index (κ3) is 2.18. The minimum Gasteiger partial charge on any atom is -0.481 e. The number of hydrogen-bond donors (Lipinski definition) is 1. The second kappa shape index (κ2) is 5.25. The van der Waals surface area contributed by atoms with Crippen LogP contribution < -0.4 is 0 Å². The summed E-state index contributed by atoms with van der Waals surface area (Å²) in [6.07, 6.45) is 10.1. The van der Waals surface area contributed by atoms with Crippen LogP contribution in [0.4, 0.5) is 0 Å². The molecular formula is C20H30O2. The number of fused-ring (bicyclic) bond motifs is 3. The molecule has 1 unspecified atom stereocenters. The van der Waals surface area contributed by atoms with E-state index in [0.717, 1.165) is 25.7 Å². The van der Waals surface area contributed by atoms with Crippen LogP contribution in [0.3, 0.4) is 0 Å². The van der Waals surface area contributed by atoms with Crippen molar-refractivity contribution in [3.63, 3.8) is 0 Å². The van der Waals surface area contributed by atoms with Crippen LogP contribution in [0.15, 0.2) is 22.8 Å². The lowest BCUT2D eigenvalue weighted by Crippen LogP contribution is -2.53. The average Bonchev–Trinajstić information content (AvgIpc) is 2.46. The predicted molar refractivity (Wildman–Crippen MR) is 89.6 cm³/mol. The molecule has 0 radical (unpaired) electrons. The van der Waals surface area contributed by atoms with Gasteiger partial charge < -0.3 is 5.11 Å². The zero-order valence-electron chi connectivity index (χ0n) is 14.5. The zero-order valence-corrected chi connectivity index (χ0v) is 14.5. The lowest BCUT2D eigenvalue weighted by molar-refractivity contribution is -0.164. The summed E-state index contributed by atoms with van der Waals surface area (Å²) >= 11 is 0. The largest absolute Gasteiger partial charge is 0.481 e. The van der Waals surface area contributed by atoms with Gasteiger partial charge >= 0.3 is 5.97 Å². The molecule has 0 aliphatic heterocycles. The van der Waals surface area contributed by atoms with Crippen LogP contribution in [0, 0.1) is 22.7 Å². The van der Waals surface area contributed by atoms with Crippen LogP contribution in [-0.4, -0.2) is 11.1 Å². The number of aliphatic carboxylic acids is 1. The first kappa shape index (κ1) is 15.8. The SMILES string of the molecule is CC(C)=C1C=C2CC[C@H]3[C@](C)(C(=O)O)CCC[C@]3(C)C2CC1. The summed E-state index contributed by atoms with van der Waals surface area (Å²) in [5.41, 5.74) is 4.23. The number of rotatable bonds is 1. The number of hydrogen-bond acceptors (Lipinski definition) is 1. The minimum atomic E-state index is -0.573. The summed E-state index contributed by atoms with van der Waals surface area (Å²) in [4.78, 5) is 12.0. The van der Waals surface area contributed by atoms with Gasteiger partial charge in [0.1, 0.15) is 0 Å². The number of carbonyl (C=O) groups is 1. The molecule has 2 nitrogen and oxygen atoms in total. The highest BCUT2D eigenvalue weighted by Crippen LogP contribution is 2.63. The molecule has 3 aliphatic carbocycles. The van der Waals surface area contributed by atoms with E-state index in [2.05, 4.69) is 26.8 Å². The van der Waals surface area contributed by atoms with Crippen molar-refractivity contribution >= 4 is 5.97 Å². The number of allylic oxidation sites excluding steroid dienone is 4. The topological polar surface area (TPSA) is 37.3 Å². The van der Waals surface area contributed by atoms with E-state index in [4.69, 9.17) is 0 Å². The molecule has 122 valence electrons. The Balaban J connectivity index is 1.99. The molecule has 22 heavy (non-hydrogen) atoms. The fourth-order valence-corrected chi connectivity index (χ4v) is 5.82. The monoisotopic (exact) mass is 302 g/mol. The maximum Gasteiger partial charge on any atom is 0.309 e. The maximum absolute atomic E-state index is 12.0. The summed E-state index contributed by atoms with van der Waals surface area (Å²) < 4.78 is 0. The summed E-state index contributed by atoms with van der Waals surface area (Å²) in [5, 5.41) is 9.84. The fraction of sp³-hybridized carbons (Fsp3) is 0.750. The van der Waals surface area contributed by atoms with Crippen LogP contribution in [0.25, 0.3) is 0 Å². The van der Waals surface area contributed by atoms with E-state index >= 15 is 0 Å². The van der Waals surface area contributed by atoms with E-state index in [1.165, 1.54) is 30.4 Å². The van der Waals surface area contributed by atoms with Crippen molar-refractivity contribution in [3.8, 4) is 0 Å². The molecule has 0 aromatic heterocycles. The number of carboxylic acid groups (broad SMARTS) is 1. The predicted octanol–water partition coefficient (Wildman–Crippen LogP) is 5.35. The Bertz CT molecular complexity index is 552. The van der Waals surface area contributed by atoms with Crippen LogP contribution in [0.5, 0.6) is 0 Å². The Kier molecular flexibility index (Phi) is 3.78. The molecule has 4 atom stereocenters. The molecule has 0 amide bonds. The van der Waals surface area contributed by atoms with Crippen molar-refractivity contribution in [1.29, 1.82) is 0 Å². The van der Waals surface area contributed by atoms with Crippen LogP contribution >= 0.6 is 0 Å². The molecule has 0 aromatic carbocycles. The molecule has 0 spiro atoms. The van der Waals surface area contributed by atoms with E-state index < -0.39 is 11.4 Å². The highest BCUT2D eigenvalue weighted by molar-refractivity contribution is 5.75. The van der Waals surface area contributed by atoms with Gasteiger partial charge in [0.2, 0.25) is 0 Å². The van der Waals surface area contributed by atoms with Gasteiger partial charge in [-0.1, -0.05) is 30.6 Å². The standard InChI is InChI=1S/C20H30O2/c1-13(2)14-6-8-16-15(12-14)7-9-17-19(16,3)10-5-11-20(17,4)18(21)22/h12,16-17H,5-11H2,1-4H3,(H,21,22)/t16?,17-,19-,20-/m1/s1. The van der Waals surface area contributed by atoms with E-state index in [9.17, 15) is 9.90 Å². The average molecular weight is 302 g/mol. The minimum absolute atomic E-state index is 0.183. The molecule has 0 bridgehead atoms. The third-order valence-electron chi connectivity index (χ3n) is 7.13. The van der Waals surface area contributed by atoms with Gasteiger partial charge in [-0.25, -0.2) is 0 Å². The molecule has 1 N–H and O–H groups in total. The smallest absolute Gasteiger partial charge is 0.309 e. The zero-order chi connectivity index (χ0) is 16.1. The van der Waals surface area contributed by atoms with Crippen LogP contribution in [0.2, 0.25) is 0 Å². The first-order valence-electron chi connectivity index (χ1n) is 8.89. The molecular weight excluding hydrogens is 272 g/mol. The molecule has 0 heterocycles.